The van der Waals surface area contributed by atoms with Crippen molar-refractivity contribution in [2.45, 2.75) is 36.1 Å². The molecule has 0 aliphatic carbocycles. The zero-order valence-electron chi connectivity index (χ0n) is 22.9. The first-order valence-electron chi connectivity index (χ1n) is 12.9. The molecule has 214 valence electrons. The van der Waals surface area contributed by atoms with Crippen LogP contribution in [0, 0.1) is 13.8 Å². The van der Waals surface area contributed by atoms with Gasteiger partial charge >= 0.3 is 0 Å². The maximum absolute atomic E-state index is 13.0. The highest BCUT2D eigenvalue weighted by molar-refractivity contribution is 8.00. The highest BCUT2D eigenvalue weighted by Crippen LogP contribution is 2.34. The number of aryl methyl sites for hydroxylation is 2. The molecule has 3 N–H and O–H groups in total. The normalized spacial score (nSPS) is 12.1. The molecule has 2 heterocycles. The largest absolute Gasteiger partial charge is 0.332 e. The topological polar surface area (TPSA) is 130 Å². The van der Waals surface area contributed by atoms with Crippen LogP contribution in [-0.4, -0.2) is 39.7 Å². The number of nitrogens with zero attached hydrogens (tertiary/aromatic N) is 3. The van der Waals surface area contributed by atoms with Gasteiger partial charge in [-0.2, -0.15) is 0 Å². The summed E-state index contributed by atoms with van der Waals surface area (Å²) >= 11 is 7.01. The molecule has 1 unspecified atom stereocenters. The van der Waals surface area contributed by atoms with Crippen LogP contribution in [0.25, 0.3) is 22.5 Å². The van der Waals surface area contributed by atoms with E-state index in [4.69, 9.17) is 16.6 Å². The maximum atomic E-state index is 13.0. The Hall–Kier alpha value is -4.19. The average Bonchev–Trinajstić information content (AvgIpc) is 3.38. The number of thioether (sulfide) groups is 1. The molecule has 0 bridgehead atoms. The van der Waals surface area contributed by atoms with Crippen LogP contribution >= 0.6 is 23.4 Å². The van der Waals surface area contributed by atoms with Crippen LogP contribution in [0.4, 0.5) is 11.5 Å². The van der Waals surface area contributed by atoms with E-state index in [0.717, 1.165) is 33.6 Å². The fourth-order valence-electron chi connectivity index (χ4n) is 4.01. The van der Waals surface area contributed by atoms with Crippen molar-refractivity contribution in [1.82, 2.24) is 20.2 Å². The van der Waals surface area contributed by atoms with Gasteiger partial charge in [0.2, 0.25) is 5.91 Å². The summed E-state index contributed by atoms with van der Waals surface area (Å²) in [6.07, 6.45) is 0. The SMILES string of the molecule is Cc1ccc(-c2nc(SC(C)C(=O)Nc3ccc(S(=O)(=O)Nc4ccc(Cl)nn4)cc3)[nH]c2-c2ccc(C)cc2)cc1. The van der Waals surface area contributed by atoms with Gasteiger partial charge in [0.25, 0.3) is 10.0 Å². The zero-order chi connectivity index (χ0) is 29.9. The number of hydrogen-bond acceptors (Lipinski definition) is 7. The standard InChI is InChI=1S/C30H27ClN6O3S2/c1-18-4-8-21(9-5-18)27-28(22-10-6-19(2)7-11-22)34-30(33-27)41-20(3)29(38)32-23-12-14-24(15-13-23)42(39,40)37-26-17-16-25(31)35-36-26/h4-17,20H,1-3H3,(H,32,38)(H,33,34)(H,36,37). The summed E-state index contributed by atoms with van der Waals surface area (Å²) in [7, 11) is -3.91. The van der Waals surface area contributed by atoms with E-state index >= 15 is 0 Å². The molecule has 0 saturated heterocycles. The molecule has 0 spiro atoms. The molecule has 5 rings (SSSR count). The van der Waals surface area contributed by atoms with Crippen molar-refractivity contribution < 1.29 is 13.2 Å². The number of carbonyl (C=O) groups excluding carboxylic acids is 1. The minimum atomic E-state index is -3.91. The number of nitrogens with one attached hydrogen (secondary N) is 3. The van der Waals surface area contributed by atoms with E-state index in [1.807, 2.05) is 50.2 Å². The number of hydrogen-bond donors (Lipinski definition) is 3. The van der Waals surface area contributed by atoms with Gasteiger partial charge in [0, 0.05) is 16.8 Å². The Morgan fingerprint density at radius 1 is 0.857 bits per heavy atom. The molecule has 1 amide bonds. The number of amides is 1. The molecule has 0 saturated carbocycles. The summed E-state index contributed by atoms with van der Waals surface area (Å²) in [6, 6.07) is 25.0. The van der Waals surface area contributed by atoms with Crippen LogP contribution in [0.3, 0.4) is 0 Å². The third-order valence-corrected chi connectivity index (χ3v) is 8.86. The molecular formula is C30H27ClN6O3S2. The van der Waals surface area contributed by atoms with Crippen molar-refractivity contribution in [2.75, 3.05) is 10.0 Å². The average molecular weight is 619 g/mol. The van der Waals surface area contributed by atoms with E-state index in [1.54, 1.807) is 6.92 Å². The van der Waals surface area contributed by atoms with Crippen molar-refractivity contribution in [3.8, 4) is 22.5 Å². The number of aromatic nitrogens is 4. The van der Waals surface area contributed by atoms with Crippen LogP contribution in [0.1, 0.15) is 18.1 Å². The fourth-order valence-corrected chi connectivity index (χ4v) is 5.91. The molecule has 5 aromatic rings. The molecule has 12 heteroatoms. The highest BCUT2D eigenvalue weighted by atomic mass is 35.5. The number of anilines is 2. The van der Waals surface area contributed by atoms with E-state index in [-0.39, 0.29) is 21.8 Å². The van der Waals surface area contributed by atoms with Crippen molar-refractivity contribution in [3.05, 3.63) is 101 Å². The minimum Gasteiger partial charge on any atom is -0.332 e. The van der Waals surface area contributed by atoms with Gasteiger partial charge in [-0.3, -0.25) is 9.52 Å². The Labute approximate surface area is 253 Å². The van der Waals surface area contributed by atoms with Crippen molar-refractivity contribution in [1.29, 1.82) is 0 Å². The third-order valence-electron chi connectivity index (χ3n) is 6.31. The summed E-state index contributed by atoms with van der Waals surface area (Å²) in [4.78, 5) is 21.3. The number of imidazole rings is 1. The van der Waals surface area contributed by atoms with Gasteiger partial charge in [0.15, 0.2) is 16.1 Å². The van der Waals surface area contributed by atoms with Crippen molar-refractivity contribution >= 4 is 50.8 Å². The smallest absolute Gasteiger partial charge is 0.263 e. The Bertz CT molecular complexity index is 1740. The predicted molar refractivity (Wildman–Crippen MR) is 167 cm³/mol. The molecule has 3 aromatic carbocycles. The molecule has 42 heavy (non-hydrogen) atoms. The first-order valence-corrected chi connectivity index (χ1v) is 15.7. The molecule has 2 aromatic heterocycles. The monoisotopic (exact) mass is 618 g/mol. The Morgan fingerprint density at radius 3 is 2.07 bits per heavy atom. The van der Waals surface area contributed by atoms with E-state index in [2.05, 4.69) is 37.4 Å². The van der Waals surface area contributed by atoms with Crippen LogP contribution in [0.2, 0.25) is 5.15 Å². The lowest BCUT2D eigenvalue weighted by Gasteiger charge is -2.11. The summed E-state index contributed by atoms with van der Waals surface area (Å²) in [5.41, 5.74) is 6.44. The molecule has 9 nitrogen and oxygen atoms in total. The van der Waals surface area contributed by atoms with Crippen LogP contribution in [0.5, 0.6) is 0 Å². The summed E-state index contributed by atoms with van der Waals surface area (Å²) in [5.74, 6) is -0.216. The van der Waals surface area contributed by atoms with E-state index in [0.29, 0.717) is 10.8 Å². The van der Waals surface area contributed by atoms with Gasteiger partial charge in [0.05, 0.1) is 21.5 Å². The lowest BCUT2D eigenvalue weighted by atomic mass is 10.0. The summed E-state index contributed by atoms with van der Waals surface area (Å²) in [6.45, 7) is 5.87. The van der Waals surface area contributed by atoms with Gasteiger partial charge in [0.1, 0.15) is 0 Å². The van der Waals surface area contributed by atoms with Gasteiger partial charge in [-0.1, -0.05) is 83.0 Å². The second-order valence-corrected chi connectivity index (χ2v) is 13.0. The quantitative estimate of drug-likeness (QED) is 0.156. The first kappa shape index (κ1) is 29.3. The molecule has 0 aliphatic rings. The predicted octanol–water partition coefficient (Wildman–Crippen LogP) is 6.72. The number of benzene rings is 3. The lowest BCUT2D eigenvalue weighted by molar-refractivity contribution is -0.115. The lowest BCUT2D eigenvalue weighted by Crippen LogP contribution is -2.22. The van der Waals surface area contributed by atoms with Crippen molar-refractivity contribution in [2.24, 2.45) is 0 Å². The van der Waals surface area contributed by atoms with Crippen LogP contribution in [0.15, 0.2) is 95.0 Å². The van der Waals surface area contributed by atoms with E-state index < -0.39 is 15.3 Å². The second-order valence-electron chi connectivity index (χ2n) is 9.62. The second kappa shape index (κ2) is 12.4. The third kappa shape index (κ3) is 6.99. The summed E-state index contributed by atoms with van der Waals surface area (Å²) in [5, 5.41) is 10.4. The van der Waals surface area contributed by atoms with E-state index in [9.17, 15) is 13.2 Å². The molecular weight excluding hydrogens is 592 g/mol. The van der Waals surface area contributed by atoms with Gasteiger partial charge in [-0.05, 0) is 57.2 Å². The number of aromatic amines is 1. The molecule has 0 aliphatic heterocycles. The minimum absolute atomic E-state index is 0.00234. The molecule has 1 atom stereocenters. The zero-order valence-corrected chi connectivity index (χ0v) is 25.3. The number of carbonyl (C=O) groups is 1. The number of rotatable bonds is 9. The fraction of sp³-hybridized carbons (Fsp3) is 0.133. The first-order chi connectivity index (χ1) is 20.1. The Kier molecular flexibility index (Phi) is 8.62. The van der Waals surface area contributed by atoms with E-state index in [1.165, 1.54) is 48.2 Å². The summed E-state index contributed by atoms with van der Waals surface area (Å²) < 4.78 is 27.7. The van der Waals surface area contributed by atoms with Crippen molar-refractivity contribution in [3.63, 3.8) is 0 Å². The number of halogens is 1. The molecule has 0 radical (unpaired) electrons. The van der Waals surface area contributed by atoms with Gasteiger partial charge < -0.3 is 10.3 Å². The molecule has 0 fully saturated rings. The number of sulfonamides is 1. The Morgan fingerprint density at radius 2 is 1.48 bits per heavy atom. The van der Waals surface area contributed by atoms with Gasteiger partial charge in [-0.25, -0.2) is 13.4 Å². The maximum Gasteiger partial charge on any atom is 0.263 e. The van der Waals surface area contributed by atoms with Gasteiger partial charge in [-0.15, -0.1) is 10.2 Å². The van der Waals surface area contributed by atoms with Crippen LogP contribution in [-0.2, 0) is 14.8 Å². The number of H-pyrrole nitrogens is 1. The van der Waals surface area contributed by atoms with Crippen LogP contribution < -0.4 is 10.0 Å². The Balaban J connectivity index is 1.29. The highest BCUT2D eigenvalue weighted by Gasteiger charge is 2.21.